The van der Waals surface area contributed by atoms with Crippen LogP contribution in [0.3, 0.4) is 0 Å². The number of phenols is 1. The topological polar surface area (TPSA) is 162 Å². The highest BCUT2D eigenvalue weighted by Gasteiger charge is 2.41. The Balaban J connectivity index is 0. The molecule has 0 aliphatic carbocycles. The molecule has 3 rings (SSSR count). The lowest BCUT2D eigenvalue weighted by Crippen LogP contribution is -2.44. The molecule has 3 aromatic rings. The molecule has 434 valence electrons. The van der Waals surface area contributed by atoms with Crippen molar-refractivity contribution in [3.8, 4) is 17.2 Å². The van der Waals surface area contributed by atoms with Gasteiger partial charge < -0.3 is 33.7 Å². The van der Waals surface area contributed by atoms with E-state index in [9.17, 15) is 8.42 Å². The number of hydrogen-bond donors (Lipinski definition) is 4. The number of nitrogens with one attached hydrogen (secondary N) is 1. The zero-order valence-corrected chi connectivity index (χ0v) is 59.3. The third kappa shape index (κ3) is 27.5. The maximum absolute atomic E-state index is 12.9. The molecule has 0 aromatic heterocycles. The van der Waals surface area contributed by atoms with Gasteiger partial charge in [-0.1, -0.05) is 123 Å². The molecule has 0 aliphatic heterocycles. The quantitative estimate of drug-likeness (QED) is 0.0808. The first-order chi connectivity index (χ1) is 33.0. The summed E-state index contributed by atoms with van der Waals surface area (Å²) < 4.78 is 57.3. The number of benzene rings is 3. The van der Waals surface area contributed by atoms with Gasteiger partial charge in [-0.15, -0.1) is 12.4 Å². The molecule has 0 heterocycles. The number of nitrogens with zero attached hydrogens (tertiary/aromatic N) is 1. The number of hydrogen-bond acceptors (Lipinski definition) is 9. The molecule has 0 fully saturated rings. The Bertz CT molecular complexity index is 2200. The van der Waals surface area contributed by atoms with E-state index in [1.807, 2.05) is 77.9 Å². The van der Waals surface area contributed by atoms with Gasteiger partial charge >= 0.3 is 0 Å². The first kappa shape index (κ1) is 75.5. The second-order valence-corrected chi connectivity index (χ2v) is 50.9. The fraction of sp³-hybridized carbons (Fsp3) is 0.661. The molecule has 11 nitrogen and oxygen atoms in total. The van der Waals surface area contributed by atoms with Gasteiger partial charge in [-0.25, -0.2) is 13.1 Å². The highest BCUT2D eigenvalue weighted by atomic mass is 79.9. The minimum absolute atomic E-state index is 0. The minimum Gasteiger partial charge on any atom is -0.544 e. The van der Waals surface area contributed by atoms with E-state index in [1.54, 1.807) is 30.5 Å². The van der Waals surface area contributed by atoms with Gasteiger partial charge in [0.15, 0.2) is 16.6 Å². The zero-order chi connectivity index (χ0) is 58.3. The standard InChI is InChI=1S/C24H47NO3SSi2.C12H19BrOSi.C12H27NO2SSi.C8H11NO2.ClH/c1-22(2,3)29(26)25-21(18-27-30(10,11)23(4,5)6)19-14-16-20(17-15-19)28-31(12,13)24(7,8)9;1-12(2,3)15(4,5)14-11-8-6-10(13)7-9-11;1-11(2,3)16(14)13-9-10-15-17(7,8)12(4,5)6;9-8(5-10)6-1-3-7(11)4-2-6;/h14-17,21,25H,18H2,1-13H3;6-9H,1-5H3;9H,10H2,1-8H3;1-4,8,10-11H,5,9H2;1H/t21-,29+;;16-;8-;/m0.10./s1. The van der Waals surface area contributed by atoms with Crippen molar-refractivity contribution in [1.82, 2.24) is 4.72 Å². The Kier molecular flexibility index (Phi) is 30.5. The number of aliphatic hydroxyl groups is 1. The average molecular weight is 1240 g/mol. The molecule has 0 saturated heterocycles. The van der Waals surface area contributed by atoms with Crippen molar-refractivity contribution < 1.29 is 36.3 Å². The molecule has 0 amide bonds. The smallest absolute Gasteiger partial charge is 0.250 e. The van der Waals surface area contributed by atoms with E-state index < -0.39 is 55.2 Å². The fourth-order valence-corrected chi connectivity index (χ4v) is 10.3. The van der Waals surface area contributed by atoms with Crippen LogP contribution in [0.15, 0.2) is 81.7 Å². The van der Waals surface area contributed by atoms with Crippen LogP contribution in [0.4, 0.5) is 0 Å². The van der Waals surface area contributed by atoms with Gasteiger partial charge in [-0.3, -0.25) is 0 Å². The Morgan fingerprint density at radius 1 is 0.587 bits per heavy atom. The Labute approximate surface area is 481 Å². The van der Waals surface area contributed by atoms with Gasteiger partial charge in [-0.05, 0) is 174 Å². The average Bonchev–Trinajstić information content (AvgIpc) is 3.23. The summed E-state index contributed by atoms with van der Waals surface area (Å²) in [6.07, 6.45) is 1.64. The van der Waals surface area contributed by atoms with Crippen molar-refractivity contribution >= 4 is 89.8 Å². The van der Waals surface area contributed by atoms with Crippen LogP contribution in [0.5, 0.6) is 17.2 Å². The molecular formula is C56H105BrClN3O8S2Si4. The lowest BCUT2D eigenvalue weighted by Gasteiger charge is -2.38. The van der Waals surface area contributed by atoms with Crippen LogP contribution in [-0.4, -0.2) is 87.4 Å². The summed E-state index contributed by atoms with van der Waals surface area (Å²) in [6.45, 7) is 57.3. The van der Waals surface area contributed by atoms with Gasteiger partial charge in [0.1, 0.15) is 28.2 Å². The lowest BCUT2D eigenvalue weighted by atomic mass is 10.1. The maximum Gasteiger partial charge on any atom is 0.250 e. The molecule has 0 radical (unpaired) electrons. The van der Waals surface area contributed by atoms with Gasteiger partial charge in [-0.2, -0.15) is 4.40 Å². The van der Waals surface area contributed by atoms with Gasteiger partial charge in [0.05, 0.1) is 52.4 Å². The third-order valence-electron chi connectivity index (χ3n) is 14.2. The highest BCUT2D eigenvalue weighted by Crippen LogP contribution is 2.40. The Morgan fingerprint density at radius 3 is 1.29 bits per heavy atom. The zero-order valence-electron chi connectivity index (χ0n) is 51.3. The van der Waals surface area contributed by atoms with Crippen molar-refractivity contribution in [2.45, 2.75) is 219 Å². The van der Waals surface area contributed by atoms with Gasteiger partial charge in [0.25, 0.3) is 0 Å². The van der Waals surface area contributed by atoms with E-state index in [0.717, 1.165) is 27.1 Å². The molecule has 75 heavy (non-hydrogen) atoms. The van der Waals surface area contributed by atoms with Crippen molar-refractivity contribution in [3.63, 3.8) is 0 Å². The van der Waals surface area contributed by atoms with E-state index >= 15 is 0 Å². The molecular weight excluding hydrogens is 1130 g/mol. The molecule has 0 unspecified atom stereocenters. The van der Waals surface area contributed by atoms with Crippen LogP contribution in [0.2, 0.25) is 72.5 Å². The summed E-state index contributed by atoms with van der Waals surface area (Å²) in [5.41, 5.74) is 7.41. The van der Waals surface area contributed by atoms with Crippen molar-refractivity contribution in [2.75, 3.05) is 19.8 Å². The van der Waals surface area contributed by atoms with E-state index in [-0.39, 0.29) is 66.5 Å². The number of aliphatic hydroxyl groups excluding tert-OH is 1. The molecule has 19 heteroatoms. The predicted octanol–water partition coefficient (Wildman–Crippen LogP) is 16.4. The number of phenolic OH excluding ortho intramolecular Hbond substituents is 1. The van der Waals surface area contributed by atoms with E-state index in [1.165, 1.54) is 0 Å². The molecule has 3 aromatic carbocycles. The number of rotatable bonds is 16. The van der Waals surface area contributed by atoms with Gasteiger partial charge in [0, 0.05) is 10.7 Å². The van der Waals surface area contributed by atoms with Crippen LogP contribution in [0, 0.1) is 0 Å². The van der Waals surface area contributed by atoms with E-state index in [2.05, 4.69) is 173 Å². The van der Waals surface area contributed by atoms with Crippen LogP contribution >= 0.6 is 28.3 Å². The third-order valence-corrected chi connectivity index (χ3v) is 35.5. The van der Waals surface area contributed by atoms with E-state index in [4.69, 9.17) is 33.7 Å². The minimum atomic E-state index is -1.92. The maximum atomic E-state index is 12.9. The van der Waals surface area contributed by atoms with Crippen molar-refractivity contribution in [2.24, 2.45) is 10.1 Å². The summed E-state index contributed by atoms with van der Waals surface area (Å²) in [7, 11) is -9.57. The normalized spacial score (nSPS) is 14.8. The number of aromatic hydroxyl groups is 1. The monoisotopic (exact) mass is 1240 g/mol. The summed E-state index contributed by atoms with van der Waals surface area (Å²) in [5, 5.41) is 18.3. The first-order valence-corrected chi connectivity index (χ1v) is 40.5. The second kappa shape index (κ2) is 30.3. The molecule has 0 aliphatic rings. The van der Waals surface area contributed by atoms with Crippen LogP contribution in [-0.2, 0) is 30.8 Å². The number of halogens is 2. The van der Waals surface area contributed by atoms with Crippen LogP contribution in [0.1, 0.15) is 148 Å². The summed E-state index contributed by atoms with van der Waals surface area (Å²) in [6, 6.07) is 22.3. The van der Waals surface area contributed by atoms with Crippen molar-refractivity contribution in [1.29, 1.82) is 0 Å². The second-order valence-electron chi connectivity index (χ2n) is 27.0. The van der Waals surface area contributed by atoms with Crippen LogP contribution in [0.25, 0.3) is 0 Å². The van der Waals surface area contributed by atoms with E-state index in [0.29, 0.717) is 13.2 Å². The predicted molar refractivity (Wildman–Crippen MR) is 342 cm³/mol. The van der Waals surface area contributed by atoms with Crippen LogP contribution < -0.4 is 19.3 Å². The number of nitrogens with two attached hydrogens (primary N) is 1. The molecule has 4 atom stereocenters. The SMILES string of the molecule is CC(C)(C)[S@@](=O)N=CCO[Si](C)(C)C(C)(C)C.CC(C)(C)[S@@](=O)N[C@@H](CO[Si](C)(C)C(C)(C)C)c1ccc(O[Si](C)(C)C(C)(C)C)cc1.CC(C)(C)[Si](C)(C)Oc1ccc(Br)cc1.Cl.N[C@@H](CO)c1ccc(O)cc1. The highest BCUT2D eigenvalue weighted by molar-refractivity contribution is 9.10. The van der Waals surface area contributed by atoms with Gasteiger partial charge in [0.2, 0.25) is 16.6 Å². The largest absolute Gasteiger partial charge is 0.544 e. The molecule has 0 spiro atoms. The molecule has 0 saturated carbocycles. The molecule has 5 N–H and O–H groups in total. The Hall–Kier alpha value is -1.53. The fourth-order valence-electron chi connectivity index (χ4n) is 4.72. The molecule has 0 bridgehead atoms. The lowest BCUT2D eigenvalue weighted by molar-refractivity contribution is 0.257. The summed E-state index contributed by atoms with van der Waals surface area (Å²) in [4.78, 5) is 0. The summed E-state index contributed by atoms with van der Waals surface area (Å²) >= 11 is 3.42. The Morgan fingerprint density at radius 2 is 0.947 bits per heavy atom. The first-order valence-electron chi connectivity index (χ1n) is 25.8. The summed E-state index contributed by atoms with van der Waals surface area (Å²) in [5.74, 6) is 2.08. The van der Waals surface area contributed by atoms with Crippen molar-refractivity contribution in [3.05, 3.63) is 88.4 Å².